The SMILES string of the molecule is CCCC1=[C]([Hf][C]2=C(CCC)C=CC2)CC=C1.Cl.Cl. The molecule has 2 aliphatic rings. The Labute approximate surface area is 141 Å². The van der Waals surface area contributed by atoms with E-state index in [1.165, 1.54) is 38.5 Å². The summed E-state index contributed by atoms with van der Waals surface area (Å²) in [6.45, 7) is 4.59. The smallest absolute Gasteiger partial charge is 0.147 e. The van der Waals surface area contributed by atoms with Crippen LogP contribution in [0.25, 0.3) is 0 Å². The van der Waals surface area contributed by atoms with Gasteiger partial charge in [0.05, 0.1) is 0 Å². The molecule has 0 radical (unpaired) electrons. The first-order valence-electron chi connectivity index (χ1n) is 6.89. The van der Waals surface area contributed by atoms with Crippen molar-refractivity contribution in [2.75, 3.05) is 0 Å². The molecule has 2 rings (SSSR count). The third-order valence-electron chi connectivity index (χ3n) is 3.40. The predicted octanol–water partition coefficient (Wildman–Crippen LogP) is 5.94. The van der Waals surface area contributed by atoms with E-state index < -0.39 is 22.9 Å². The van der Waals surface area contributed by atoms with Gasteiger partial charge in [-0.25, -0.2) is 0 Å². The second-order valence-electron chi connectivity index (χ2n) is 4.85. The van der Waals surface area contributed by atoms with E-state index in [1.54, 1.807) is 11.1 Å². The molecule has 0 nitrogen and oxygen atoms in total. The van der Waals surface area contributed by atoms with Gasteiger partial charge in [0.15, 0.2) is 0 Å². The van der Waals surface area contributed by atoms with Crippen LogP contribution in [0, 0.1) is 0 Å². The zero-order valence-corrected chi connectivity index (χ0v) is 17.1. The van der Waals surface area contributed by atoms with Crippen molar-refractivity contribution >= 4 is 24.8 Å². The minimum Gasteiger partial charge on any atom is -0.147 e. The van der Waals surface area contributed by atoms with E-state index in [1.807, 2.05) is 6.66 Å². The van der Waals surface area contributed by atoms with Crippen LogP contribution < -0.4 is 0 Å². The molecule has 2 aliphatic carbocycles. The molecule has 0 amide bonds. The topological polar surface area (TPSA) is 0 Å². The Balaban J connectivity index is 0.00000162. The summed E-state index contributed by atoms with van der Waals surface area (Å²) in [5.74, 6) is 0. The predicted molar refractivity (Wildman–Crippen MR) is 85.9 cm³/mol. The molecule has 0 N–H and O–H groups in total. The molecule has 19 heavy (non-hydrogen) atoms. The quantitative estimate of drug-likeness (QED) is 0.426. The summed E-state index contributed by atoms with van der Waals surface area (Å²) in [4.78, 5) is 0. The third kappa shape index (κ3) is 5.36. The van der Waals surface area contributed by atoms with Crippen molar-refractivity contribution in [3.8, 4) is 0 Å². The Bertz CT molecular complexity index is 365. The van der Waals surface area contributed by atoms with Crippen molar-refractivity contribution in [2.45, 2.75) is 52.4 Å². The minimum absolute atomic E-state index is 0. The van der Waals surface area contributed by atoms with E-state index in [0.717, 1.165) is 0 Å². The van der Waals surface area contributed by atoms with E-state index in [4.69, 9.17) is 0 Å². The number of halogens is 2. The van der Waals surface area contributed by atoms with Gasteiger partial charge in [-0.05, 0) is 0 Å². The average molecular weight is 466 g/mol. The first kappa shape index (κ1) is 19.4. The van der Waals surface area contributed by atoms with Crippen molar-refractivity contribution in [3.05, 3.63) is 42.1 Å². The summed E-state index contributed by atoms with van der Waals surface area (Å²) < 4.78 is 3.75. The molecule has 0 fully saturated rings. The molecule has 0 bridgehead atoms. The molecule has 0 atom stereocenters. The molecule has 0 aromatic carbocycles. The second-order valence-corrected chi connectivity index (χ2v) is 10.1. The summed E-state index contributed by atoms with van der Waals surface area (Å²) in [7, 11) is 0. The van der Waals surface area contributed by atoms with Crippen LogP contribution in [0.3, 0.4) is 0 Å². The van der Waals surface area contributed by atoms with Crippen LogP contribution in [0.15, 0.2) is 42.1 Å². The maximum absolute atomic E-state index is 2.40. The van der Waals surface area contributed by atoms with Crippen LogP contribution in [0.1, 0.15) is 52.4 Å². The Morgan fingerprint density at radius 2 is 1.26 bits per heavy atom. The number of hydrogen-bond acceptors (Lipinski definition) is 0. The summed E-state index contributed by atoms with van der Waals surface area (Å²) in [5.41, 5.74) is 3.40. The Morgan fingerprint density at radius 3 is 1.63 bits per heavy atom. The Hall–Kier alpha value is 0.410. The van der Waals surface area contributed by atoms with Gasteiger partial charge in [-0.1, -0.05) is 0 Å². The Morgan fingerprint density at radius 1 is 0.842 bits per heavy atom. The summed E-state index contributed by atoms with van der Waals surface area (Å²) in [6.07, 6.45) is 17.3. The van der Waals surface area contributed by atoms with Gasteiger partial charge in [0, 0.05) is 0 Å². The zero-order chi connectivity index (χ0) is 12.1. The van der Waals surface area contributed by atoms with Gasteiger partial charge >= 0.3 is 117 Å². The molecule has 0 heterocycles. The monoisotopic (exact) mass is 466 g/mol. The van der Waals surface area contributed by atoms with Gasteiger partial charge in [-0.15, -0.1) is 24.8 Å². The molecular formula is C16H24Cl2Hf. The molecule has 0 saturated heterocycles. The summed E-state index contributed by atoms with van der Waals surface area (Å²) >= 11 is -0.683. The standard InChI is InChI=1S/2C8H11.2ClH.Hf/c2*1-2-5-8-6-3-4-7-8;;;/h2*3,6H,2,4-5H2,1H3;2*1H;. The van der Waals surface area contributed by atoms with Gasteiger partial charge < -0.3 is 0 Å². The first-order chi connectivity index (χ1) is 8.35. The fourth-order valence-corrected chi connectivity index (χ4v) is 8.09. The van der Waals surface area contributed by atoms with E-state index in [2.05, 4.69) is 38.2 Å². The van der Waals surface area contributed by atoms with Gasteiger partial charge in [0.1, 0.15) is 0 Å². The van der Waals surface area contributed by atoms with Crippen molar-refractivity contribution in [2.24, 2.45) is 0 Å². The molecular weight excluding hydrogens is 442 g/mol. The first-order valence-corrected chi connectivity index (χ1v) is 10.5. The van der Waals surface area contributed by atoms with E-state index in [0.29, 0.717) is 0 Å². The molecule has 0 aromatic heterocycles. The van der Waals surface area contributed by atoms with E-state index >= 15 is 0 Å². The number of hydrogen-bond donors (Lipinski definition) is 0. The van der Waals surface area contributed by atoms with Crippen LogP contribution in [0.4, 0.5) is 0 Å². The van der Waals surface area contributed by atoms with E-state index in [-0.39, 0.29) is 24.8 Å². The molecule has 0 saturated carbocycles. The maximum Gasteiger partial charge on any atom is -0.147 e. The third-order valence-corrected chi connectivity index (χ3v) is 9.34. The second kappa shape index (κ2) is 10.2. The van der Waals surface area contributed by atoms with Gasteiger partial charge in [0.25, 0.3) is 0 Å². The molecule has 0 unspecified atom stereocenters. The van der Waals surface area contributed by atoms with Crippen LogP contribution >= 0.6 is 24.8 Å². The fraction of sp³-hybridized carbons (Fsp3) is 0.500. The van der Waals surface area contributed by atoms with Crippen molar-refractivity contribution < 1.29 is 22.9 Å². The van der Waals surface area contributed by atoms with Gasteiger partial charge in [-0.3, -0.25) is 0 Å². The minimum atomic E-state index is -0.683. The average Bonchev–Trinajstić information content (AvgIpc) is 2.92. The van der Waals surface area contributed by atoms with Crippen molar-refractivity contribution in [1.82, 2.24) is 0 Å². The van der Waals surface area contributed by atoms with Crippen LogP contribution in [-0.2, 0) is 22.9 Å². The zero-order valence-electron chi connectivity index (χ0n) is 11.9. The van der Waals surface area contributed by atoms with Crippen LogP contribution in [-0.4, -0.2) is 0 Å². The van der Waals surface area contributed by atoms with Gasteiger partial charge in [0.2, 0.25) is 0 Å². The van der Waals surface area contributed by atoms with Crippen LogP contribution in [0.5, 0.6) is 0 Å². The molecule has 0 spiro atoms. The number of allylic oxidation sites excluding steroid dienone is 8. The van der Waals surface area contributed by atoms with Crippen molar-refractivity contribution in [1.29, 1.82) is 0 Å². The number of rotatable bonds is 6. The maximum atomic E-state index is 2.40. The largest absolute Gasteiger partial charge is 0.147 e. The molecule has 0 aromatic rings. The van der Waals surface area contributed by atoms with E-state index in [9.17, 15) is 0 Å². The molecule has 0 aliphatic heterocycles. The summed E-state index contributed by atoms with van der Waals surface area (Å²) in [6, 6.07) is 0. The normalized spacial score (nSPS) is 16.7. The van der Waals surface area contributed by atoms with Crippen LogP contribution in [0.2, 0.25) is 0 Å². The Kier molecular flexibility index (Phi) is 10.4. The summed E-state index contributed by atoms with van der Waals surface area (Å²) in [5, 5.41) is 0. The fourth-order valence-electron chi connectivity index (χ4n) is 2.55. The van der Waals surface area contributed by atoms with Gasteiger partial charge in [-0.2, -0.15) is 0 Å². The molecule has 106 valence electrons. The van der Waals surface area contributed by atoms with Crippen molar-refractivity contribution in [3.63, 3.8) is 0 Å². The molecule has 3 heteroatoms.